The van der Waals surface area contributed by atoms with Crippen LogP contribution in [0.4, 0.5) is 0 Å². The molecule has 7 heteroatoms. The van der Waals surface area contributed by atoms with Crippen LogP contribution in [0.3, 0.4) is 0 Å². The van der Waals surface area contributed by atoms with Gasteiger partial charge in [0, 0.05) is 6.04 Å². The number of rotatable bonds is 8. The first-order chi connectivity index (χ1) is 13.1. The summed E-state index contributed by atoms with van der Waals surface area (Å²) in [7, 11) is 0. The van der Waals surface area contributed by atoms with E-state index in [-0.39, 0.29) is 17.2 Å². The van der Waals surface area contributed by atoms with Crippen molar-refractivity contribution >= 4 is 17.7 Å². The highest BCUT2D eigenvalue weighted by Gasteiger charge is 2.20. The summed E-state index contributed by atoms with van der Waals surface area (Å²) in [6.45, 7) is 3.90. The van der Waals surface area contributed by atoms with Gasteiger partial charge in [-0.2, -0.15) is 4.68 Å². The Morgan fingerprint density at radius 1 is 1.07 bits per heavy atom. The van der Waals surface area contributed by atoms with Crippen LogP contribution in [0.15, 0.2) is 65.8 Å². The van der Waals surface area contributed by atoms with E-state index in [0.717, 1.165) is 18.5 Å². The third-order valence-corrected chi connectivity index (χ3v) is 5.22. The molecule has 0 aliphatic heterocycles. The fourth-order valence-electron chi connectivity index (χ4n) is 2.66. The van der Waals surface area contributed by atoms with E-state index in [1.54, 1.807) is 4.68 Å². The molecule has 2 unspecified atom stereocenters. The maximum atomic E-state index is 12.5. The molecule has 0 radical (unpaired) electrons. The number of tetrazole rings is 1. The van der Waals surface area contributed by atoms with Crippen molar-refractivity contribution in [2.75, 3.05) is 0 Å². The molecular formula is C20H23N5OS. The third-order valence-electron chi connectivity index (χ3n) is 4.19. The van der Waals surface area contributed by atoms with E-state index < -0.39 is 0 Å². The number of aryl methyl sites for hydroxylation is 1. The molecule has 6 nitrogen and oxygen atoms in total. The summed E-state index contributed by atoms with van der Waals surface area (Å²) >= 11 is 1.35. The number of carbonyl (C=O) groups excluding carboxylic acids is 1. The minimum atomic E-state index is -0.294. The monoisotopic (exact) mass is 381 g/mol. The number of aromatic nitrogens is 4. The minimum absolute atomic E-state index is 0.0110. The zero-order valence-corrected chi connectivity index (χ0v) is 16.3. The number of carbonyl (C=O) groups is 1. The summed E-state index contributed by atoms with van der Waals surface area (Å²) in [5.41, 5.74) is 2.15. The lowest BCUT2D eigenvalue weighted by Crippen LogP contribution is -2.38. The quantitative estimate of drug-likeness (QED) is 0.606. The van der Waals surface area contributed by atoms with Gasteiger partial charge in [-0.25, -0.2) is 0 Å². The van der Waals surface area contributed by atoms with Gasteiger partial charge in [-0.1, -0.05) is 60.3 Å². The average molecular weight is 382 g/mol. The number of amides is 1. The molecule has 1 heterocycles. The molecule has 140 valence electrons. The van der Waals surface area contributed by atoms with Gasteiger partial charge < -0.3 is 5.32 Å². The summed E-state index contributed by atoms with van der Waals surface area (Å²) in [6, 6.07) is 20.0. The lowest BCUT2D eigenvalue weighted by molar-refractivity contribution is -0.120. The van der Waals surface area contributed by atoms with Crippen LogP contribution in [0, 0.1) is 0 Å². The standard InChI is InChI=1S/C20H23N5OS/c1-15(13-14-17-9-5-3-6-10-17)21-19(26)16(2)27-20-22-23-24-25(20)18-11-7-4-8-12-18/h3-12,15-16H,13-14H2,1-2H3,(H,21,26). The van der Waals surface area contributed by atoms with Gasteiger partial charge in [0.2, 0.25) is 11.1 Å². The number of para-hydroxylation sites is 1. The SMILES string of the molecule is CC(CCc1ccccc1)NC(=O)C(C)Sc1nnnn1-c1ccccc1. The lowest BCUT2D eigenvalue weighted by atomic mass is 10.1. The van der Waals surface area contributed by atoms with Gasteiger partial charge in [0.25, 0.3) is 0 Å². The first-order valence-electron chi connectivity index (χ1n) is 8.98. The third kappa shape index (κ3) is 5.40. The molecule has 0 aliphatic carbocycles. The number of nitrogens with one attached hydrogen (secondary N) is 1. The van der Waals surface area contributed by atoms with E-state index in [9.17, 15) is 4.79 Å². The van der Waals surface area contributed by atoms with Gasteiger partial charge in [-0.3, -0.25) is 4.79 Å². The molecule has 3 aromatic rings. The maximum Gasteiger partial charge on any atom is 0.233 e. The molecule has 0 aliphatic rings. The predicted octanol–water partition coefficient (Wildman–Crippen LogP) is 3.28. The fraction of sp³-hybridized carbons (Fsp3) is 0.300. The van der Waals surface area contributed by atoms with Crippen LogP contribution in [0.1, 0.15) is 25.8 Å². The van der Waals surface area contributed by atoms with Gasteiger partial charge in [-0.05, 0) is 54.8 Å². The van der Waals surface area contributed by atoms with Crippen molar-refractivity contribution in [1.82, 2.24) is 25.5 Å². The highest BCUT2D eigenvalue weighted by atomic mass is 32.2. The Kier molecular flexibility index (Phi) is 6.59. The first kappa shape index (κ1) is 19.1. The molecule has 0 saturated heterocycles. The molecule has 27 heavy (non-hydrogen) atoms. The van der Waals surface area contributed by atoms with E-state index in [0.29, 0.717) is 5.16 Å². The van der Waals surface area contributed by atoms with Crippen molar-refractivity contribution in [1.29, 1.82) is 0 Å². The highest BCUT2D eigenvalue weighted by molar-refractivity contribution is 8.00. The molecule has 0 saturated carbocycles. The molecule has 2 aromatic carbocycles. The molecule has 2 atom stereocenters. The van der Waals surface area contributed by atoms with E-state index >= 15 is 0 Å². The van der Waals surface area contributed by atoms with Crippen molar-refractivity contribution in [3.63, 3.8) is 0 Å². The Morgan fingerprint density at radius 3 is 2.44 bits per heavy atom. The zero-order valence-electron chi connectivity index (χ0n) is 15.4. The van der Waals surface area contributed by atoms with E-state index in [1.807, 2.05) is 62.4 Å². The maximum absolute atomic E-state index is 12.5. The number of hydrogen-bond donors (Lipinski definition) is 1. The van der Waals surface area contributed by atoms with Gasteiger partial charge in [0.15, 0.2) is 0 Å². The minimum Gasteiger partial charge on any atom is -0.353 e. The topological polar surface area (TPSA) is 72.7 Å². The lowest BCUT2D eigenvalue weighted by Gasteiger charge is -2.17. The second-order valence-electron chi connectivity index (χ2n) is 6.40. The molecule has 1 amide bonds. The molecular weight excluding hydrogens is 358 g/mol. The second kappa shape index (κ2) is 9.32. The predicted molar refractivity (Wildman–Crippen MR) is 107 cm³/mol. The van der Waals surface area contributed by atoms with Crippen molar-refractivity contribution in [2.45, 2.75) is 43.1 Å². The number of thioether (sulfide) groups is 1. The zero-order chi connectivity index (χ0) is 19.1. The van der Waals surface area contributed by atoms with Crippen molar-refractivity contribution < 1.29 is 4.79 Å². The van der Waals surface area contributed by atoms with Crippen molar-refractivity contribution in [2.24, 2.45) is 0 Å². The highest BCUT2D eigenvalue weighted by Crippen LogP contribution is 2.23. The van der Waals surface area contributed by atoms with Crippen LogP contribution < -0.4 is 5.32 Å². The van der Waals surface area contributed by atoms with E-state index in [2.05, 4.69) is 33.0 Å². The van der Waals surface area contributed by atoms with Crippen LogP contribution in [0.25, 0.3) is 5.69 Å². The Morgan fingerprint density at radius 2 is 1.74 bits per heavy atom. The van der Waals surface area contributed by atoms with E-state index in [1.165, 1.54) is 17.3 Å². The van der Waals surface area contributed by atoms with Crippen LogP contribution in [-0.4, -0.2) is 37.4 Å². The molecule has 0 fully saturated rings. The Balaban J connectivity index is 1.53. The Labute approximate surface area is 163 Å². The molecule has 1 N–H and O–H groups in total. The average Bonchev–Trinajstić information content (AvgIpc) is 3.16. The fourth-order valence-corrected chi connectivity index (χ4v) is 3.47. The molecule has 1 aromatic heterocycles. The van der Waals surface area contributed by atoms with Gasteiger partial charge >= 0.3 is 0 Å². The van der Waals surface area contributed by atoms with Crippen LogP contribution in [-0.2, 0) is 11.2 Å². The van der Waals surface area contributed by atoms with E-state index in [4.69, 9.17) is 0 Å². The summed E-state index contributed by atoms with van der Waals surface area (Å²) < 4.78 is 1.65. The van der Waals surface area contributed by atoms with Crippen LogP contribution >= 0.6 is 11.8 Å². The summed E-state index contributed by atoms with van der Waals surface area (Å²) in [6.07, 6.45) is 1.84. The number of benzene rings is 2. The van der Waals surface area contributed by atoms with Gasteiger partial charge in [-0.15, -0.1) is 5.10 Å². The second-order valence-corrected chi connectivity index (χ2v) is 7.71. The van der Waals surface area contributed by atoms with Crippen molar-refractivity contribution in [3.05, 3.63) is 66.2 Å². The molecule has 0 bridgehead atoms. The largest absolute Gasteiger partial charge is 0.353 e. The number of hydrogen-bond acceptors (Lipinski definition) is 5. The van der Waals surface area contributed by atoms with Crippen LogP contribution in [0.5, 0.6) is 0 Å². The summed E-state index contributed by atoms with van der Waals surface area (Å²) in [5.74, 6) is -0.0110. The summed E-state index contributed by atoms with van der Waals surface area (Å²) in [5, 5.41) is 15.2. The summed E-state index contributed by atoms with van der Waals surface area (Å²) in [4.78, 5) is 12.5. The molecule has 3 rings (SSSR count). The first-order valence-corrected chi connectivity index (χ1v) is 9.86. The smallest absolute Gasteiger partial charge is 0.233 e. The van der Waals surface area contributed by atoms with Crippen molar-refractivity contribution in [3.8, 4) is 5.69 Å². The van der Waals surface area contributed by atoms with Crippen LogP contribution in [0.2, 0.25) is 0 Å². The van der Waals surface area contributed by atoms with Gasteiger partial charge in [0.1, 0.15) is 0 Å². The Hall–Kier alpha value is -2.67. The number of nitrogens with zero attached hydrogens (tertiary/aromatic N) is 4. The normalized spacial score (nSPS) is 13.1. The Bertz CT molecular complexity index is 853. The van der Waals surface area contributed by atoms with Gasteiger partial charge in [0.05, 0.1) is 10.9 Å². The molecule has 0 spiro atoms.